The van der Waals surface area contributed by atoms with Crippen LogP contribution in [0.25, 0.3) is 0 Å². The van der Waals surface area contributed by atoms with Crippen LogP contribution < -0.4 is 5.32 Å². The van der Waals surface area contributed by atoms with E-state index in [0.717, 1.165) is 13.0 Å². The summed E-state index contributed by atoms with van der Waals surface area (Å²) in [6.45, 7) is 0.442. The smallest absolute Gasteiger partial charge is 0.371 e. The average molecular weight is 379 g/mol. The lowest BCUT2D eigenvalue weighted by molar-refractivity contribution is -0.302. The second-order valence-electron chi connectivity index (χ2n) is 5.87. The summed E-state index contributed by atoms with van der Waals surface area (Å²) in [5, 5.41) is 60.5. The van der Waals surface area contributed by atoms with Crippen molar-refractivity contribution in [3.63, 3.8) is 0 Å². The number of carboxylic acid groups (broad SMARTS) is 1. The van der Waals surface area contributed by atoms with Crippen LogP contribution in [0.2, 0.25) is 0 Å². The highest BCUT2D eigenvalue weighted by atomic mass is 16.7. The Morgan fingerprint density at radius 1 is 1.23 bits per heavy atom. The molecule has 1 unspecified atom stereocenters. The first-order chi connectivity index (χ1) is 12.1. The van der Waals surface area contributed by atoms with Gasteiger partial charge in [0.1, 0.15) is 36.6 Å². The fraction of sp³-hybridized carbons (Fsp3) is 0.714. The van der Waals surface area contributed by atoms with Gasteiger partial charge in [0.15, 0.2) is 6.29 Å². The van der Waals surface area contributed by atoms with E-state index in [-0.39, 0.29) is 0 Å². The number of carboxylic acids is 1. The highest BCUT2D eigenvalue weighted by molar-refractivity contribution is 5.84. The van der Waals surface area contributed by atoms with E-state index in [1.54, 1.807) is 0 Å². The van der Waals surface area contributed by atoms with Gasteiger partial charge in [0.25, 0.3) is 0 Å². The number of nitrogens with one attached hydrogen (secondary N) is 1. The van der Waals surface area contributed by atoms with Crippen LogP contribution in [0.1, 0.15) is 6.92 Å². The molecule has 2 heterocycles. The number of carbonyl (C=O) groups is 2. The van der Waals surface area contributed by atoms with Crippen molar-refractivity contribution in [3.8, 4) is 0 Å². The van der Waals surface area contributed by atoms with Gasteiger partial charge in [0.05, 0.1) is 6.61 Å². The Bertz CT molecular complexity index is 567. The maximum Gasteiger partial charge on any atom is 0.371 e. The van der Waals surface area contributed by atoms with Crippen molar-refractivity contribution in [2.75, 3.05) is 6.61 Å². The van der Waals surface area contributed by atoms with Crippen molar-refractivity contribution in [1.29, 1.82) is 0 Å². The number of rotatable bonds is 5. The van der Waals surface area contributed by atoms with Crippen molar-refractivity contribution >= 4 is 11.9 Å². The van der Waals surface area contributed by atoms with Crippen LogP contribution in [0.15, 0.2) is 11.8 Å². The average Bonchev–Trinajstić information content (AvgIpc) is 2.56. The van der Waals surface area contributed by atoms with Crippen LogP contribution in [0.4, 0.5) is 0 Å². The van der Waals surface area contributed by atoms with Crippen molar-refractivity contribution < 1.29 is 54.4 Å². The Kier molecular flexibility index (Phi) is 6.52. The normalized spacial score (nSPS) is 40.3. The molecule has 1 saturated heterocycles. The molecule has 2 aliphatic heterocycles. The maximum atomic E-state index is 11.3. The molecule has 0 bridgehead atoms. The van der Waals surface area contributed by atoms with E-state index in [4.69, 9.17) is 19.3 Å². The summed E-state index contributed by atoms with van der Waals surface area (Å²) in [7, 11) is 0. The Hall–Kier alpha value is -1.80. The van der Waals surface area contributed by atoms with E-state index in [9.17, 15) is 35.1 Å². The van der Waals surface area contributed by atoms with Crippen LogP contribution in [0.3, 0.4) is 0 Å². The zero-order valence-electron chi connectivity index (χ0n) is 13.6. The van der Waals surface area contributed by atoms with E-state index < -0.39 is 73.4 Å². The van der Waals surface area contributed by atoms with Gasteiger partial charge in [-0.25, -0.2) is 4.79 Å². The molecule has 12 heteroatoms. The third-order valence-electron chi connectivity index (χ3n) is 3.94. The van der Waals surface area contributed by atoms with Crippen LogP contribution >= 0.6 is 0 Å². The highest BCUT2D eigenvalue weighted by Crippen LogP contribution is 2.27. The molecule has 0 aliphatic carbocycles. The molecule has 26 heavy (non-hydrogen) atoms. The summed E-state index contributed by atoms with van der Waals surface area (Å²) < 4.78 is 15.3. The molecule has 0 aromatic rings. The van der Waals surface area contributed by atoms with E-state index in [2.05, 4.69) is 5.32 Å². The number of ether oxygens (including phenoxy) is 3. The molecule has 2 aliphatic rings. The van der Waals surface area contributed by atoms with E-state index >= 15 is 0 Å². The van der Waals surface area contributed by atoms with Crippen LogP contribution in [-0.2, 0) is 23.8 Å². The molecule has 1 amide bonds. The minimum absolute atomic E-state index is 0.600. The van der Waals surface area contributed by atoms with Gasteiger partial charge < -0.3 is 50.2 Å². The van der Waals surface area contributed by atoms with E-state index in [1.165, 1.54) is 0 Å². The molecular formula is C14H21NO11. The molecule has 148 valence electrons. The third kappa shape index (κ3) is 4.29. The van der Waals surface area contributed by atoms with Crippen molar-refractivity contribution in [2.45, 2.75) is 56.1 Å². The number of aliphatic carboxylic acids is 1. The van der Waals surface area contributed by atoms with E-state index in [0.29, 0.717) is 0 Å². The summed E-state index contributed by atoms with van der Waals surface area (Å²) >= 11 is 0. The van der Waals surface area contributed by atoms with Gasteiger partial charge in [-0.2, -0.15) is 0 Å². The first-order valence-electron chi connectivity index (χ1n) is 7.68. The molecule has 0 aromatic carbocycles. The molecule has 1 fully saturated rings. The van der Waals surface area contributed by atoms with Gasteiger partial charge in [-0.1, -0.05) is 0 Å². The lowest BCUT2D eigenvalue weighted by atomic mass is 9.96. The first kappa shape index (κ1) is 20.5. The summed E-state index contributed by atoms with van der Waals surface area (Å²) in [5.41, 5.74) is 0. The molecule has 0 aromatic heterocycles. The molecule has 0 radical (unpaired) electrons. The predicted octanol–water partition coefficient (Wildman–Crippen LogP) is -4.01. The van der Waals surface area contributed by atoms with Gasteiger partial charge in [0.2, 0.25) is 18.0 Å². The monoisotopic (exact) mass is 379 g/mol. The minimum atomic E-state index is -1.73. The van der Waals surface area contributed by atoms with Crippen LogP contribution in [-0.4, -0.2) is 98.3 Å². The second kappa shape index (κ2) is 8.26. The lowest BCUT2D eigenvalue weighted by Crippen LogP contribution is -2.66. The van der Waals surface area contributed by atoms with Crippen LogP contribution in [0, 0.1) is 0 Å². The van der Waals surface area contributed by atoms with Gasteiger partial charge in [-0.3, -0.25) is 4.79 Å². The number of aliphatic hydroxyl groups excluding tert-OH is 5. The van der Waals surface area contributed by atoms with Crippen molar-refractivity contribution in [3.05, 3.63) is 11.8 Å². The first-order valence-corrected chi connectivity index (χ1v) is 7.68. The van der Waals surface area contributed by atoms with Crippen LogP contribution in [0.5, 0.6) is 0 Å². The second-order valence-corrected chi connectivity index (χ2v) is 5.87. The standard InChI is InChI=1S/C14H21NO11/c1-4(17)15-8-11(10(20)7(3-16)24-13(8)23)26-14-9(19)5(18)2-6(25-14)12(21)22/h2,5,7-11,13-14,16,18-20,23H,3H2,1H3,(H,15,17)(H,21,22)/t5-,7+,8+,9+,10+,11+,13?,14-/m0/s1. The summed E-state index contributed by atoms with van der Waals surface area (Å²) in [5.74, 6) is -2.81. The minimum Gasteiger partial charge on any atom is -0.475 e. The van der Waals surface area contributed by atoms with Gasteiger partial charge >= 0.3 is 5.97 Å². The topological polar surface area (TPSA) is 195 Å². The number of carbonyl (C=O) groups excluding carboxylic acids is 1. The number of hydrogen-bond donors (Lipinski definition) is 7. The molecule has 0 spiro atoms. The largest absolute Gasteiger partial charge is 0.475 e. The molecule has 8 atom stereocenters. The SMILES string of the molecule is CC(=O)N[C@H]1C(O)O[C@H](CO)[C@@H](O)[C@@H]1O[C@@H]1OC(C(=O)O)=C[C@H](O)[C@H]1O. The highest BCUT2D eigenvalue weighted by Gasteiger charge is 2.49. The molecule has 12 nitrogen and oxygen atoms in total. The molecular weight excluding hydrogens is 358 g/mol. The summed E-state index contributed by atoms with van der Waals surface area (Å²) in [6, 6.07) is -1.32. The number of hydrogen-bond acceptors (Lipinski definition) is 10. The summed E-state index contributed by atoms with van der Waals surface area (Å²) in [6.07, 6.45) is -10.3. The maximum absolute atomic E-state index is 11.3. The molecule has 0 saturated carbocycles. The van der Waals surface area contributed by atoms with Crippen molar-refractivity contribution in [1.82, 2.24) is 5.32 Å². The van der Waals surface area contributed by atoms with Gasteiger partial charge in [-0.15, -0.1) is 0 Å². The van der Waals surface area contributed by atoms with E-state index in [1.807, 2.05) is 0 Å². The Balaban J connectivity index is 2.24. The summed E-state index contributed by atoms with van der Waals surface area (Å²) in [4.78, 5) is 22.4. The third-order valence-corrected chi connectivity index (χ3v) is 3.94. The zero-order valence-corrected chi connectivity index (χ0v) is 13.6. The van der Waals surface area contributed by atoms with Gasteiger partial charge in [0, 0.05) is 6.92 Å². The fourth-order valence-corrected chi connectivity index (χ4v) is 2.67. The Labute approximate surface area is 147 Å². The Morgan fingerprint density at radius 3 is 2.42 bits per heavy atom. The molecule has 7 N–H and O–H groups in total. The Morgan fingerprint density at radius 2 is 1.88 bits per heavy atom. The fourth-order valence-electron chi connectivity index (χ4n) is 2.67. The number of amides is 1. The predicted molar refractivity (Wildman–Crippen MR) is 79.1 cm³/mol. The lowest BCUT2D eigenvalue weighted by Gasteiger charge is -2.44. The molecule has 2 rings (SSSR count). The zero-order chi connectivity index (χ0) is 19.6. The van der Waals surface area contributed by atoms with Gasteiger partial charge in [-0.05, 0) is 6.08 Å². The van der Waals surface area contributed by atoms with Crippen molar-refractivity contribution in [2.24, 2.45) is 0 Å². The number of aliphatic hydroxyl groups is 5. The quantitative estimate of drug-likeness (QED) is 0.246.